The normalized spacial score (nSPS) is 23.1. The van der Waals surface area contributed by atoms with E-state index in [1.807, 2.05) is 38.3 Å². The van der Waals surface area contributed by atoms with Gasteiger partial charge < -0.3 is 31.8 Å². The van der Waals surface area contributed by atoms with Gasteiger partial charge in [-0.1, -0.05) is 13.8 Å². The van der Waals surface area contributed by atoms with E-state index in [0.29, 0.717) is 17.7 Å². The predicted molar refractivity (Wildman–Crippen MR) is 104 cm³/mol. The molecule has 3 heterocycles. The van der Waals surface area contributed by atoms with Crippen molar-refractivity contribution in [3.05, 3.63) is 59.0 Å². The Labute approximate surface area is 154 Å². The van der Waals surface area contributed by atoms with Crippen molar-refractivity contribution in [2.24, 2.45) is 16.6 Å². The molecule has 7 nitrogen and oxygen atoms in total. The number of aliphatic imine (C=N–C) groups is 1. The lowest BCUT2D eigenvalue weighted by Gasteiger charge is -2.24. The summed E-state index contributed by atoms with van der Waals surface area (Å²) in [6.07, 6.45) is 11.9. The summed E-state index contributed by atoms with van der Waals surface area (Å²) in [5, 5.41) is 17.5. The number of hydrogen-bond acceptors (Lipinski definition) is 6. The van der Waals surface area contributed by atoms with Gasteiger partial charge in [0.25, 0.3) is 0 Å². The molecule has 0 bridgehead atoms. The van der Waals surface area contributed by atoms with Crippen LogP contribution in [0.2, 0.25) is 0 Å². The molecule has 138 valence electrons. The number of fused-ring (bicyclic) bond motifs is 1. The van der Waals surface area contributed by atoms with Gasteiger partial charge in [-0.15, -0.1) is 0 Å². The van der Waals surface area contributed by atoms with Gasteiger partial charge in [0.2, 0.25) is 0 Å². The van der Waals surface area contributed by atoms with Crippen molar-refractivity contribution in [3.8, 4) is 0 Å². The molecule has 0 radical (unpaired) electrons. The number of dihydropyridines is 2. The van der Waals surface area contributed by atoms with Crippen LogP contribution in [0.5, 0.6) is 0 Å². The van der Waals surface area contributed by atoms with Crippen molar-refractivity contribution in [1.82, 2.24) is 16.0 Å². The number of hydrogen-bond donors (Lipinski definition) is 5. The number of nitrogens with zero attached hydrogens (tertiary/aromatic N) is 1. The maximum Gasteiger partial charge on any atom is 0.132 e. The van der Waals surface area contributed by atoms with E-state index in [4.69, 9.17) is 15.9 Å². The lowest BCUT2D eigenvalue weighted by Crippen LogP contribution is -2.33. The first-order valence-electron chi connectivity index (χ1n) is 8.83. The molecule has 0 saturated carbocycles. The molecule has 1 fully saturated rings. The minimum Gasteiger partial charge on any atom is -0.384 e. The molecule has 3 rings (SSSR count). The van der Waals surface area contributed by atoms with Crippen molar-refractivity contribution < 1.29 is 4.74 Å². The van der Waals surface area contributed by atoms with Gasteiger partial charge in [0.1, 0.15) is 11.7 Å². The van der Waals surface area contributed by atoms with Crippen molar-refractivity contribution >= 4 is 12.1 Å². The van der Waals surface area contributed by atoms with Gasteiger partial charge >= 0.3 is 0 Å². The average Bonchev–Trinajstić information content (AvgIpc) is 3.12. The third kappa shape index (κ3) is 4.43. The van der Waals surface area contributed by atoms with Crippen LogP contribution in [0.3, 0.4) is 0 Å². The second-order valence-corrected chi connectivity index (χ2v) is 6.74. The van der Waals surface area contributed by atoms with Crippen LogP contribution < -0.4 is 21.7 Å². The zero-order valence-corrected chi connectivity index (χ0v) is 15.2. The molecule has 0 aromatic heterocycles. The van der Waals surface area contributed by atoms with Crippen LogP contribution in [0.4, 0.5) is 0 Å². The summed E-state index contributed by atoms with van der Waals surface area (Å²) in [5.74, 6) is 1.26. The van der Waals surface area contributed by atoms with Crippen LogP contribution in [0, 0.1) is 11.3 Å². The summed E-state index contributed by atoms with van der Waals surface area (Å²) in [5.41, 5.74) is 9.78. The van der Waals surface area contributed by atoms with Crippen molar-refractivity contribution in [3.63, 3.8) is 0 Å². The lowest BCUT2D eigenvalue weighted by molar-refractivity contribution is 0.191. The molecule has 0 spiro atoms. The van der Waals surface area contributed by atoms with Crippen LogP contribution in [0.25, 0.3) is 0 Å². The third-order valence-corrected chi connectivity index (χ3v) is 4.34. The van der Waals surface area contributed by atoms with E-state index in [9.17, 15) is 0 Å². The van der Waals surface area contributed by atoms with E-state index in [0.717, 1.165) is 42.3 Å². The van der Waals surface area contributed by atoms with E-state index < -0.39 is 0 Å². The number of rotatable bonds is 6. The summed E-state index contributed by atoms with van der Waals surface area (Å²) < 4.78 is 5.40. The van der Waals surface area contributed by atoms with E-state index in [1.165, 1.54) is 6.21 Å². The molecule has 26 heavy (non-hydrogen) atoms. The van der Waals surface area contributed by atoms with Crippen molar-refractivity contribution in [1.29, 1.82) is 5.41 Å². The molecular weight excluding hydrogens is 328 g/mol. The monoisotopic (exact) mass is 354 g/mol. The maximum absolute atomic E-state index is 7.46. The molecule has 0 aromatic rings. The highest BCUT2D eigenvalue weighted by Crippen LogP contribution is 2.19. The highest BCUT2D eigenvalue weighted by atomic mass is 16.5. The summed E-state index contributed by atoms with van der Waals surface area (Å²) >= 11 is 0. The fourth-order valence-electron chi connectivity index (χ4n) is 2.84. The second kappa shape index (κ2) is 8.05. The van der Waals surface area contributed by atoms with Crippen LogP contribution in [0.15, 0.2) is 64.0 Å². The third-order valence-electron chi connectivity index (χ3n) is 4.34. The Hall–Kier alpha value is -2.80. The molecule has 0 aliphatic carbocycles. The van der Waals surface area contributed by atoms with Gasteiger partial charge in [0.05, 0.1) is 29.7 Å². The first-order valence-corrected chi connectivity index (χ1v) is 8.83. The van der Waals surface area contributed by atoms with E-state index in [-0.39, 0.29) is 5.92 Å². The van der Waals surface area contributed by atoms with Gasteiger partial charge in [0.15, 0.2) is 0 Å². The molecule has 1 atom stereocenters. The zero-order valence-electron chi connectivity index (χ0n) is 15.2. The first-order chi connectivity index (χ1) is 12.5. The Balaban J connectivity index is 1.70. The van der Waals surface area contributed by atoms with E-state index in [2.05, 4.69) is 20.9 Å². The largest absolute Gasteiger partial charge is 0.384 e. The highest BCUT2D eigenvalue weighted by molar-refractivity contribution is 5.97. The Bertz CT molecular complexity index is 748. The lowest BCUT2D eigenvalue weighted by atomic mass is 10.0. The van der Waals surface area contributed by atoms with Gasteiger partial charge in [-0.2, -0.15) is 0 Å². The fourth-order valence-corrected chi connectivity index (χ4v) is 2.84. The summed E-state index contributed by atoms with van der Waals surface area (Å²) in [7, 11) is 0. The molecule has 1 unspecified atom stereocenters. The zero-order chi connectivity index (χ0) is 18.5. The Morgan fingerprint density at radius 1 is 1.42 bits per heavy atom. The van der Waals surface area contributed by atoms with Crippen LogP contribution in [-0.2, 0) is 4.74 Å². The molecule has 6 N–H and O–H groups in total. The number of ether oxygens (including phenoxy) is 1. The molecule has 1 saturated heterocycles. The summed E-state index contributed by atoms with van der Waals surface area (Å²) in [6.45, 7) is 5.58. The van der Waals surface area contributed by atoms with E-state index >= 15 is 0 Å². The average molecular weight is 354 g/mol. The number of nitrogens with two attached hydrogens (primary N) is 1. The molecule has 0 aromatic carbocycles. The molecular formula is C19H26N6O. The van der Waals surface area contributed by atoms with Crippen LogP contribution in [-0.4, -0.2) is 31.3 Å². The molecule has 3 aliphatic heterocycles. The maximum atomic E-state index is 7.46. The van der Waals surface area contributed by atoms with Crippen LogP contribution >= 0.6 is 0 Å². The summed E-state index contributed by atoms with van der Waals surface area (Å²) in [4.78, 5) is 4.42. The summed E-state index contributed by atoms with van der Waals surface area (Å²) in [6, 6.07) is 0.346. The molecule has 0 amide bonds. The van der Waals surface area contributed by atoms with Gasteiger partial charge in [0, 0.05) is 19.0 Å². The minimum atomic E-state index is 0.227. The second-order valence-electron chi connectivity index (χ2n) is 6.74. The standard InChI is InChI=1S/C19H26N6O/c1-12(2)13(9-20)7-18(21)25-19-4-3-16-17(24-19)8-15(10-22-16)23-14-5-6-26-11-14/h3-4,7-10,12,14,20,22-24H,5-6,11H2,1-2H3,(H2,21,25). The molecule has 7 heteroatoms. The SMILES string of the molecule is CC(C)C(C=N)=CC(N)=NC1=CC=C2NC=C(NC3CCOC3)C=C2N1. The Morgan fingerprint density at radius 2 is 2.27 bits per heavy atom. The van der Waals surface area contributed by atoms with E-state index in [1.54, 1.807) is 6.08 Å². The van der Waals surface area contributed by atoms with Crippen molar-refractivity contribution in [2.75, 3.05) is 13.2 Å². The number of amidine groups is 1. The number of allylic oxidation sites excluding steroid dienone is 4. The van der Waals surface area contributed by atoms with Crippen molar-refractivity contribution in [2.45, 2.75) is 26.3 Å². The minimum absolute atomic E-state index is 0.227. The highest BCUT2D eigenvalue weighted by Gasteiger charge is 2.19. The fraction of sp³-hybridized carbons (Fsp3) is 0.368. The van der Waals surface area contributed by atoms with Gasteiger partial charge in [-0.05, 0) is 42.2 Å². The smallest absolute Gasteiger partial charge is 0.132 e. The quantitative estimate of drug-likeness (QED) is 0.368. The Kier molecular flexibility index (Phi) is 5.58. The van der Waals surface area contributed by atoms with Gasteiger partial charge in [-0.25, -0.2) is 4.99 Å². The molecule has 3 aliphatic rings. The number of nitrogens with one attached hydrogen (secondary N) is 4. The predicted octanol–water partition coefficient (Wildman–Crippen LogP) is 1.61. The van der Waals surface area contributed by atoms with Crippen LogP contribution in [0.1, 0.15) is 20.3 Å². The first kappa shape index (κ1) is 18.0. The van der Waals surface area contributed by atoms with Gasteiger partial charge in [-0.3, -0.25) is 0 Å². The topological polar surface area (TPSA) is 108 Å². The Morgan fingerprint density at radius 3 is 2.96 bits per heavy atom.